The van der Waals surface area contributed by atoms with Crippen molar-refractivity contribution in [3.63, 3.8) is 0 Å². The average Bonchev–Trinajstić information content (AvgIpc) is 3.22. The molecule has 4 rings (SSSR count). The molecule has 0 aliphatic carbocycles. The van der Waals surface area contributed by atoms with Crippen LogP contribution in [0.15, 0.2) is 52.8 Å². The molecule has 2 aromatic heterocycles. The Hall–Kier alpha value is -2.89. The number of aromatic nitrogens is 2. The third kappa shape index (κ3) is 2.60. The fourth-order valence-corrected chi connectivity index (χ4v) is 3.09. The number of aromatic hydroxyl groups is 1. The fraction of sp³-hybridized carbons (Fsp3) is 0.278. The van der Waals surface area contributed by atoms with E-state index >= 15 is 0 Å². The Kier molecular flexibility index (Phi) is 3.65. The molecule has 122 valence electrons. The zero-order valence-electron chi connectivity index (χ0n) is 13.6. The van der Waals surface area contributed by atoms with Crippen LogP contribution in [-0.2, 0) is 0 Å². The van der Waals surface area contributed by atoms with Crippen LogP contribution in [0.2, 0.25) is 0 Å². The highest BCUT2D eigenvalue weighted by molar-refractivity contribution is 5.60. The first-order valence-corrected chi connectivity index (χ1v) is 8.16. The molecule has 3 heterocycles. The molecule has 1 aromatic carbocycles. The first-order valence-electron chi connectivity index (χ1n) is 8.16. The van der Waals surface area contributed by atoms with Gasteiger partial charge in [-0.25, -0.2) is 4.98 Å². The molecule has 0 saturated carbocycles. The smallest absolute Gasteiger partial charge is 0.182 e. The number of hydrogen-bond acceptors (Lipinski definition) is 5. The van der Waals surface area contributed by atoms with Crippen LogP contribution in [0.3, 0.4) is 0 Å². The quantitative estimate of drug-likeness (QED) is 0.729. The second-order valence-corrected chi connectivity index (χ2v) is 6.02. The van der Waals surface area contributed by atoms with E-state index in [9.17, 15) is 5.11 Å². The minimum Gasteiger partial charge on any atom is -0.504 e. The third-order valence-corrected chi connectivity index (χ3v) is 4.35. The van der Waals surface area contributed by atoms with Crippen molar-refractivity contribution in [1.29, 1.82) is 0 Å². The van der Waals surface area contributed by atoms with E-state index in [1.807, 2.05) is 25.3 Å². The Bertz CT molecular complexity index is 892. The predicted molar refractivity (Wildman–Crippen MR) is 93.7 cm³/mol. The van der Waals surface area contributed by atoms with E-state index in [1.54, 1.807) is 16.5 Å². The molecule has 0 spiro atoms. The van der Waals surface area contributed by atoms with Crippen molar-refractivity contribution in [3.05, 3.63) is 48.3 Å². The van der Waals surface area contributed by atoms with E-state index in [1.165, 1.54) is 18.5 Å². The highest BCUT2D eigenvalue weighted by atomic mass is 16.3. The van der Waals surface area contributed by atoms with E-state index in [-0.39, 0.29) is 5.75 Å². The summed E-state index contributed by atoms with van der Waals surface area (Å²) in [6, 6.07) is 11.5. The topological polar surface area (TPSA) is 65.5 Å². The van der Waals surface area contributed by atoms with Gasteiger partial charge < -0.3 is 10.0 Å². The van der Waals surface area contributed by atoms with Crippen molar-refractivity contribution in [2.75, 3.05) is 18.0 Å². The summed E-state index contributed by atoms with van der Waals surface area (Å²) in [7, 11) is 0. The molecule has 1 aliphatic rings. The maximum absolute atomic E-state index is 9.87. The first-order chi connectivity index (χ1) is 11.7. The summed E-state index contributed by atoms with van der Waals surface area (Å²) in [5.74, 6) is 0.765. The Morgan fingerprint density at radius 1 is 1.04 bits per heavy atom. The number of nitrogens with zero attached hydrogens (tertiary/aromatic N) is 5. The molecule has 0 unspecified atom stereocenters. The van der Waals surface area contributed by atoms with E-state index in [2.05, 4.69) is 32.2 Å². The lowest BCUT2D eigenvalue weighted by Gasteiger charge is -2.17. The molecule has 1 N–H and O–H groups in total. The number of imidazole rings is 1. The predicted octanol–water partition coefficient (Wildman–Crippen LogP) is 4.36. The van der Waals surface area contributed by atoms with Crippen molar-refractivity contribution >= 4 is 22.8 Å². The molecular weight excluding hydrogens is 302 g/mol. The van der Waals surface area contributed by atoms with Crippen molar-refractivity contribution in [3.8, 4) is 5.75 Å². The molecule has 6 heteroatoms. The summed E-state index contributed by atoms with van der Waals surface area (Å²) in [4.78, 5) is 6.73. The number of fused-ring (bicyclic) bond motifs is 1. The molecule has 0 amide bonds. The fourth-order valence-electron chi connectivity index (χ4n) is 3.09. The van der Waals surface area contributed by atoms with Gasteiger partial charge in [-0.2, -0.15) is 0 Å². The number of hydrogen-bond donors (Lipinski definition) is 1. The van der Waals surface area contributed by atoms with E-state index in [0.717, 1.165) is 24.5 Å². The zero-order chi connectivity index (χ0) is 16.5. The first kappa shape index (κ1) is 14.7. The summed E-state index contributed by atoms with van der Waals surface area (Å²) in [6.07, 6.45) is 4.35. The van der Waals surface area contributed by atoms with Gasteiger partial charge in [-0.3, -0.25) is 4.40 Å². The normalized spacial score (nSPS) is 15.0. The van der Waals surface area contributed by atoms with Gasteiger partial charge >= 0.3 is 0 Å². The van der Waals surface area contributed by atoms with Crippen LogP contribution in [0.1, 0.15) is 18.5 Å². The Morgan fingerprint density at radius 2 is 1.79 bits per heavy atom. The lowest BCUT2D eigenvalue weighted by Crippen LogP contribution is -2.17. The number of anilines is 1. The highest BCUT2D eigenvalue weighted by Crippen LogP contribution is 2.28. The molecular formula is C18H19N5O. The van der Waals surface area contributed by atoms with Gasteiger partial charge in [-0.15, -0.1) is 10.2 Å². The van der Waals surface area contributed by atoms with Crippen LogP contribution in [0.5, 0.6) is 5.75 Å². The molecule has 24 heavy (non-hydrogen) atoms. The number of pyridine rings is 1. The van der Waals surface area contributed by atoms with Gasteiger partial charge in [-0.1, -0.05) is 0 Å². The van der Waals surface area contributed by atoms with E-state index < -0.39 is 0 Å². The minimum atomic E-state index is 0.136. The van der Waals surface area contributed by atoms with Crippen molar-refractivity contribution in [1.82, 2.24) is 9.38 Å². The average molecular weight is 321 g/mol. The maximum Gasteiger partial charge on any atom is 0.182 e. The standard InChI is InChI=1S/C18H19N5O/c1-13-17(23-12-4-5-16(24)18(23)19-13)21-20-14-6-8-15(9-7-14)22-10-2-3-11-22/h4-9,12,24H,2-3,10-11H2,1H3. The third-order valence-electron chi connectivity index (χ3n) is 4.35. The van der Waals surface area contributed by atoms with Crippen LogP contribution in [0.4, 0.5) is 17.2 Å². The molecule has 1 saturated heterocycles. The van der Waals surface area contributed by atoms with E-state index in [0.29, 0.717) is 11.5 Å². The Morgan fingerprint density at radius 3 is 2.54 bits per heavy atom. The van der Waals surface area contributed by atoms with Gasteiger partial charge in [0.2, 0.25) is 0 Å². The van der Waals surface area contributed by atoms with Crippen molar-refractivity contribution in [2.24, 2.45) is 10.2 Å². The largest absolute Gasteiger partial charge is 0.504 e. The summed E-state index contributed by atoms with van der Waals surface area (Å²) in [5, 5.41) is 18.5. The van der Waals surface area contributed by atoms with Gasteiger partial charge in [0.1, 0.15) is 0 Å². The number of azo groups is 1. The minimum absolute atomic E-state index is 0.136. The lowest BCUT2D eigenvalue weighted by atomic mass is 10.2. The summed E-state index contributed by atoms with van der Waals surface area (Å²) in [6.45, 7) is 4.12. The molecule has 0 bridgehead atoms. The van der Waals surface area contributed by atoms with Gasteiger partial charge in [0.05, 0.1) is 11.4 Å². The zero-order valence-corrected chi connectivity index (χ0v) is 13.6. The van der Waals surface area contributed by atoms with E-state index in [4.69, 9.17) is 0 Å². The van der Waals surface area contributed by atoms with Crippen LogP contribution in [0.25, 0.3) is 5.65 Å². The lowest BCUT2D eigenvalue weighted by molar-refractivity contribution is 0.477. The van der Waals surface area contributed by atoms with Crippen LogP contribution >= 0.6 is 0 Å². The summed E-state index contributed by atoms with van der Waals surface area (Å²) in [5.41, 5.74) is 3.26. The van der Waals surface area contributed by atoms with Gasteiger partial charge in [0, 0.05) is 25.0 Å². The number of benzene rings is 1. The molecule has 0 radical (unpaired) electrons. The van der Waals surface area contributed by atoms with Crippen LogP contribution < -0.4 is 4.90 Å². The monoisotopic (exact) mass is 321 g/mol. The summed E-state index contributed by atoms with van der Waals surface area (Å²) < 4.78 is 1.74. The molecule has 1 fully saturated rings. The molecule has 1 aliphatic heterocycles. The van der Waals surface area contributed by atoms with Gasteiger partial charge in [0.15, 0.2) is 17.2 Å². The van der Waals surface area contributed by atoms with Gasteiger partial charge in [0.25, 0.3) is 0 Å². The van der Waals surface area contributed by atoms with Crippen molar-refractivity contribution in [2.45, 2.75) is 19.8 Å². The number of rotatable bonds is 3. The summed E-state index contributed by atoms with van der Waals surface area (Å²) >= 11 is 0. The second kappa shape index (κ2) is 5.96. The van der Waals surface area contributed by atoms with Gasteiger partial charge in [-0.05, 0) is 56.2 Å². The Labute approximate surface area is 140 Å². The second-order valence-electron chi connectivity index (χ2n) is 6.02. The highest BCUT2D eigenvalue weighted by Gasteiger charge is 2.12. The molecule has 3 aromatic rings. The molecule has 6 nitrogen and oxygen atoms in total. The SMILES string of the molecule is Cc1nc2c(O)cccn2c1N=Nc1ccc(N2CCCC2)cc1. The Balaban J connectivity index is 1.61. The molecule has 0 atom stereocenters. The maximum atomic E-state index is 9.87. The van der Waals surface area contributed by atoms with Crippen molar-refractivity contribution < 1.29 is 5.11 Å². The van der Waals surface area contributed by atoms with Crippen LogP contribution in [0, 0.1) is 6.92 Å². The number of aryl methyl sites for hydroxylation is 1. The van der Waals surface area contributed by atoms with Crippen LogP contribution in [-0.4, -0.2) is 27.6 Å².